The molecule has 1 aromatic carbocycles. The van der Waals surface area contributed by atoms with E-state index in [1.807, 2.05) is 30.3 Å². The molecule has 0 fully saturated rings. The molecule has 1 aromatic rings. The third-order valence-electron chi connectivity index (χ3n) is 3.16. The first-order valence-electron chi connectivity index (χ1n) is 6.58. The lowest BCUT2D eigenvalue weighted by molar-refractivity contribution is -0.142. The summed E-state index contributed by atoms with van der Waals surface area (Å²) in [6.45, 7) is 3.28. The lowest BCUT2D eigenvalue weighted by atomic mass is 9.99. The maximum Gasteiger partial charge on any atom is 0.314 e. The van der Waals surface area contributed by atoms with Crippen LogP contribution >= 0.6 is 0 Å². The average Bonchev–Trinajstić information content (AvgIpc) is 2.47. The van der Waals surface area contributed by atoms with Crippen molar-refractivity contribution >= 4 is 5.97 Å². The first-order valence-corrected chi connectivity index (χ1v) is 6.58. The Bertz CT molecular complexity index is 367. The van der Waals surface area contributed by atoms with Gasteiger partial charge in [-0.1, -0.05) is 37.3 Å². The van der Waals surface area contributed by atoms with Gasteiger partial charge in [0.25, 0.3) is 0 Å². The molecule has 0 spiro atoms. The second-order valence-corrected chi connectivity index (χ2v) is 4.46. The fourth-order valence-corrected chi connectivity index (χ4v) is 1.97. The van der Waals surface area contributed by atoms with Crippen LogP contribution in [0.4, 0.5) is 0 Å². The number of rotatable bonds is 8. The van der Waals surface area contributed by atoms with Gasteiger partial charge in [-0.2, -0.15) is 0 Å². The summed E-state index contributed by atoms with van der Waals surface area (Å²) in [5.41, 5.74) is 0.967. The average molecular weight is 265 g/mol. The molecule has 0 heterocycles. The molecule has 1 N–H and O–H groups in total. The normalized spacial score (nSPS) is 13.8. The number of nitrogens with one attached hydrogen (secondary N) is 1. The Labute approximate surface area is 115 Å². The van der Waals surface area contributed by atoms with Crippen LogP contribution in [0.1, 0.15) is 24.8 Å². The number of carbonyl (C=O) groups excluding carboxylic acids is 1. The van der Waals surface area contributed by atoms with Gasteiger partial charge in [-0.25, -0.2) is 0 Å². The predicted molar refractivity (Wildman–Crippen MR) is 75.2 cm³/mol. The highest BCUT2D eigenvalue weighted by Crippen LogP contribution is 2.16. The fourth-order valence-electron chi connectivity index (χ4n) is 1.97. The Hall–Kier alpha value is -1.39. The Kier molecular flexibility index (Phi) is 7.15. The van der Waals surface area contributed by atoms with Crippen molar-refractivity contribution < 1.29 is 14.3 Å². The highest BCUT2D eigenvalue weighted by Gasteiger charge is 2.22. The molecule has 0 bridgehead atoms. The summed E-state index contributed by atoms with van der Waals surface area (Å²) in [7, 11) is 3.10. The highest BCUT2D eigenvalue weighted by molar-refractivity contribution is 5.78. The summed E-state index contributed by atoms with van der Waals surface area (Å²) in [6, 6.07) is 9.93. The number of esters is 1. The molecule has 0 saturated heterocycles. The minimum atomic E-state index is -0.280. The van der Waals surface area contributed by atoms with Crippen molar-refractivity contribution in [2.75, 3.05) is 27.4 Å². The summed E-state index contributed by atoms with van der Waals surface area (Å²) in [6.07, 6.45) is 0.955. The number of hydrogen-bond acceptors (Lipinski definition) is 4. The second kappa shape index (κ2) is 8.67. The van der Waals surface area contributed by atoms with Crippen molar-refractivity contribution in [2.24, 2.45) is 0 Å². The van der Waals surface area contributed by atoms with Crippen molar-refractivity contribution in [3.8, 4) is 0 Å². The van der Waals surface area contributed by atoms with Crippen molar-refractivity contribution in [1.82, 2.24) is 5.32 Å². The van der Waals surface area contributed by atoms with Gasteiger partial charge in [0.05, 0.1) is 19.6 Å². The maximum atomic E-state index is 11.9. The molecule has 0 aliphatic rings. The fraction of sp³-hybridized carbons (Fsp3) is 0.533. The molecule has 4 nitrogen and oxygen atoms in total. The Balaban J connectivity index is 2.68. The highest BCUT2D eigenvalue weighted by atomic mass is 16.5. The molecular weight excluding hydrogens is 242 g/mol. The molecule has 2 atom stereocenters. The zero-order valence-corrected chi connectivity index (χ0v) is 11.9. The van der Waals surface area contributed by atoms with E-state index in [9.17, 15) is 4.79 Å². The van der Waals surface area contributed by atoms with E-state index >= 15 is 0 Å². The number of methoxy groups -OCH3 is 2. The topological polar surface area (TPSA) is 47.6 Å². The molecule has 0 radical (unpaired) electrons. The molecule has 0 saturated carbocycles. The summed E-state index contributed by atoms with van der Waals surface area (Å²) in [5.74, 6) is -0.497. The van der Waals surface area contributed by atoms with E-state index < -0.39 is 0 Å². The predicted octanol–water partition coefficient (Wildman–Crippen LogP) is 1.96. The van der Waals surface area contributed by atoms with E-state index in [1.165, 1.54) is 7.11 Å². The van der Waals surface area contributed by atoms with E-state index in [-0.39, 0.29) is 17.9 Å². The first-order chi connectivity index (χ1) is 9.22. The molecule has 19 heavy (non-hydrogen) atoms. The van der Waals surface area contributed by atoms with Gasteiger partial charge in [0.1, 0.15) is 0 Å². The van der Waals surface area contributed by atoms with E-state index in [0.717, 1.165) is 12.0 Å². The molecule has 0 aromatic heterocycles. The van der Waals surface area contributed by atoms with Crippen LogP contribution in [0.2, 0.25) is 0 Å². The quantitative estimate of drug-likeness (QED) is 0.730. The van der Waals surface area contributed by atoms with Crippen molar-refractivity contribution in [3.63, 3.8) is 0 Å². The Morgan fingerprint density at radius 1 is 1.26 bits per heavy atom. The monoisotopic (exact) mass is 265 g/mol. The zero-order chi connectivity index (χ0) is 14.1. The van der Waals surface area contributed by atoms with Crippen LogP contribution in [-0.4, -0.2) is 39.4 Å². The van der Waals surface area contributed by atoms with E-state index in [1.54, 1.807) is 7.11 Å². The van der Waals surface area contributed by atoms with Crippen LogP contribution in [0.25, 0.3) is 0 Å². The molecule has 1 rings (SSSR count). The largest absolute Gasteiger partial charge is 0.469 e. The lowest BCUT2D eigenvalue weighted by Crippen LogP contribution is -2.37. The van der Waals surface area contributed by atoms with Crippen molar-refractivity contribution in [3.05, 3.63) is 35.9 Å². The van der Waals surface area contributed by atoms with Gasteiger partial charge in [-0.15, -0.1) is 0 Å². The van der Waals surface area contributed by atoms with Gasteiger partial charge in [0.2, 0.25) is 0 Å². The maximum absolute atomic E-state index is 11.9. The van der Waals surface area contributed by atoms with Crippen LogP contribution in [0, 0.1) is 0 Å². The van der Waals surface area contributed by atoms with Gasteiger partial charge in [0, 0.05) is 19.7 Å². The molecule has 2 unspecified atom stereocenters. The Morgan fingerprint density at radius 2 is 1.95 bits per heavy atom. The molecule has 0 amide bonds. The molecule has 0 aliphatic carbocycles. The van der Waals surface area contributed by atoms with Crippen LogP contribution in [-0.2, 0) is 14.3 Å². The van der Waals surface area contributed by atoms with Gasteiger partial charge in [0.15, 0.2) is 0 Å². The summed E-state index contributed by atoms with van der Waals surface area (Å²) < 4.78 is 10.0. The van der Waals surface area contributed by atoms with E-state index in [0.29, 0.717) is 13.2 Å². The minimum absolute atomic E-state index is 0.217. The van der Waals surface area contributed by atoms with Gasteiger partial charge < -0.3 is 14.8 Å². The Morgan fingerprint density at radius 3 is 2.47 bits per heavy atom. The molecule has 106 valence electrons. The molecule has 0 aliphatic heterocycles. The van der Waals surface area contributed by atoms with Gasteiger partial charge >= 0.3 is 5.97 Å². The smallest absolute Gasteiger partial charge is 0.314 e. The van der Waals surface area contributed by atoms with Crippen molar-refractivity contribution in [1.29, 1.82) is 0 Å². The van der Waals surface area contributed by atoms with Crippen LogP contribution in [0.5, 0.6) is 0 Å². The van der Waals surface area contributed by atoms with E-state index in [2.05, 4.69) is 12.2 Å². The number of benzene rings is 1. The van der Waals surface area contributed by atoms with Crippen LogP contribution in [0.3, 0.4) is 0 Å². The molecule has 4 heteroatoms. The summed E-state index contributed by atoms with van der Waals surface area (Å²) in [4.78, 5) is 11.9. The zero-order valence-electron chi connectivity index (χ0n) is 11.9. The third kappa shape index (κ3) is 5.01. The number of hydrogen-bond donors (Lipinski definition) is 1. The summed E-state index contributed by atoms with van der Waals surface area (Å²) in [5, 5.41) is 3.36. The van der Waals surface area contributed by atoms with E-state index in [4.69, 9.17) is 9.47 Å². The summed E-state index contributed by atoms with van der Waals surface area (Å²) >= 11 is 0. The molecular formula is C15H23NO3. The number of carbonyl (C=O) groups is 1. The van der Waals surface area contributed by atoms with Crippen LogP contribution < -0.4 is 5.32 Å². The first kappa shape index (κ1) is 15.7. The van der Waals surface area contributed by atoms with Crippen LogP contribution in [0.15, 0.2) is 30.3 Å². The lowest BCUT2D eigenvalue weighted by Gasteiger charge is -2.20. The van der Waals surface area contributed by atoms with Gasteiger partial charge in [-0.3, -0.25) is 4.79 Å². The van der Waals surface area contributed by atoms with Gasteiger partial charge in [-0.05, 0) is 12.0 Å². The SMILES string of the molecule is CCC(COC)NCC(C(=O)OC)c1ccccc1. The number of ether oxygens (including phenoxy) is 2. The van der Waals surface area contributed by atoms with Crippen molar-refractivity contribution in [2.45, 2.75) is 25.3 Å². The second-order valence-electron chi connectivity index (χ2n) is 4.46. The standard InChI is InChI=1S/C15H23NO3/c1-4-13(11-18-2)16-10-14(15(17)19-3)12-8-6-5-7-9-12/h5-9,13-14,16H,4,10-11H2,1-3H3. The minimum Gasteiger partial charge on any atom is -0.469 e. The third-order valence-corrected chi connectivity index (χ3v) is 3.16.